The second-order valence-electron chi connectivity index (χ2n) is 10.9. The predicted molar refractivity (Wildman–Crippen MR) is 173 cm³/mol. The molecule has 0 unspecified atom stereocenters. The third kappa shape index (κ3) is 3.36. The lowest BCUT2D eigenvalue weighted by atomic mass is 9.91. The zero-order valence-electron chi connectivity index (χ0n) is 22.3. The van der Waals surface area contributed by atoms with Gasteiger partial charge in [0.25, 0.3) is 0 Å². The Hall–Kier alpha value is -5.40. The van der Waals surface area contributed by atoms with Crippen LogP contribution in [-0.2, 0) is 0 Å². The van der Waals surface area contributed by atoms with Crippen molar-refractivity contribution in [1.82, 2.24) is 0 Å². The Morgan fingerprint density at radius 1 is 0.341 bits per heavy atom. The molecule has 0 aromatic heterocycles. The summed E-state index contributed by atoms with van der Waals surface area (Å²) in [5, 5.41) is 9.92. The maximum absolute atomic E-state index is 6.58. The van der Waals surface area contributed by atoms with Crippen LogP contribution in [0.5, 0.6) is 11.5 Å². The van der Waals surface area contributed by atoms with Crippen molar-refractivity contribution in [3.05, 3.63) is 146 Å². The van der Waals surface area contributed by atoms with E-state index in [1.807, 2.05) is 30.3 Å². The molecule has 0 radical (unpaired) electrons. The largest absolute Gasteiger partial charge is 0.457 e. The highest BCUT2D eigenvalue weighted by Crippen LogP contribution is 2.52. The summed E-state index contributed by atoms with van der Waals surface area (Å²) in [7, 11) is 0. The Labute approximate surface area is 237 Å². The lowest BCUT2D eigenvalue weighted by Gasteiger charge is -2.16. The van der Waals surface area contributed by atoms with E-state index < -0.39 is 0 Å². The molecule has 41 heavy (non-hydrogen) atoms. The highest BCUT2D eigenvalue weighted by atomic mass is 16.5. The minimum atomic E-state index is 0.838. The van der Waals surface area contributed by atoms with Crippen molar-refractivity contribution in [2.24, 2.45) is 0 Å². The first kappa shape index (κ1) is 22.4. The Kier molecular flexibility index (Phi) is 4.67. The average Bonchev–Trinajstić information content (AvgIpc) is 3.34. The number of rotatable bonds is 3. The van der Waals surface area contributed by atoms with Crippen LogP contribution in [0.1, 0.15) is 0 Å². The van der Waals surface area contributed by atoms with Gasteiger partial charge in [-0.25, -0.2) is 0 Å². The fraction of sp³-hybridized carbons (Fsp3) is 0. The minimum absolute atomic E-state index is 0.838. The monoisotopic (exact) mass is 520 g/mol. The molecule has 0 saturated carbocycles. The summed E-state index contributed by atoms with van der Waals surface area (Å²) in [6.45, 7) is 0. The highest BCUT2D eigenvalue weighted by Gasteiger charge is 2.24. The minimum Gasteiger partial charge on any atom is -0.457 e. The molecule has 0 saturated heterocycles. The Bertz CT molecular complexity index is 2320. The van der Waals surface area contributed by atoms with Crippen LogP contribution in [0.25, 0.3) is 76.5 Å². The second-order valence-corrected chi connectivity index (χ2v) is 10.9. The molecule has 0 fully saturated rings. The van der Waals surface area contributed by atoms with Gasteiger partial charge in [-0.1, -0.05) is 97.1 Å². The Balaban J connectivity index is 1.40. The summed E-state index contributed by atoms with van der Waals surface area (Å²) in [4.78, 5) is 0. The number of ether oxygens (including phenoxy) is 1. The lowest BCUT2D eigenvalue weighted by Crippen LogP contribution is -1.90. The van der Waals surface area contributed by atoms with E-state index in [1.165, 1.54) is 71.1 Å². The van der Waals surface area contributed by atoms with Crippen LogP contribution in [0, 0.1) is 0 Å². The van der Waals surface area contributed by atoms with E-state index >= 15 is 0 Å². The zero-order valence-corrected chi connectivity index (χ0v) is 22.3. The first-order valence-corrected chi connectivity index (χ1v) is 14.1. The SMILES string of the molecule is c1ccc(Oc2cc3c4cccc5c4c(cc3c3cc(-c4ccccc4)ccc23)-c2cc3ccccc3cc2-5)cc1. The third-order valence-corrected chi connectivity index (χ3v) is 8.60. The summed E-state index contributed by atoms with van der Waals surface area (Å²) in [6, 6.07) is 52.3. The molecule has 8 aromatic rings. The van der Waals surface area contributed by atoms with Crippen molar-refractivity contribution in [1.29, 1.82) is 0 Å². The number of hydrogen-bond donors (Lipinski definition) is 0. The van der Waals surface area contributed by atoms with E-state index in [2.05, 4.69) is 115 Å². The van der Waals surface area contributed by atoms with Crippen LogP contribution < -0.4 is 4.74 Å². The Morgan fingerprint density at radius 2 is 1.00 bits per heavy atom. The fourth-order valence-corrected chi connectivity index (χ4v) is 6.71. The molecule has 0 heterocycles. The van der Waals surface area contributed by atoms with Gasteiger partial charge < -0.3 is 4.74 Å². The quantitative estimate of drug-likeness (QED) is 0.211. The smallest absolute Gasteiger partial charge is 0.135 e. The van der Waals surface area contributed by atoms with Crippen molar-refractivity contribution < 1.29 is 4.74 Å². The number of para-hydroxylation sites is 1. The summed E-state index contributed by atoms with van der Waals surface area (Å²) >= 11 is 0. The van der Waals surface area contributed by atoms with Gasteiger partial charge in [-0.2, -0.15) is 0 Å². The van der Waals surface area contributed by atoms with E-state index in [4.69, 9.17) is 4.74 Å². The van der Waals surface area contributed by atoms with Gasteiger partial charge in [0.2, 0.25) is 0 Å². The van der Waals surface area contributed by atoms with Crippen LogP contribution in [0.3, 0.4) is 0 Å². The van der Waals surface area contributed by atoms with Gasteiger partial charge in [0.15, 0.2) is 0 Å². The molecule has 0 bridgehead atoms. The molecule has 0 spiro atoms. The number of hydrogen-bond acceptors (Lipinski definition) is 1. The number of fused-ring (bicyclic) bond motifs is 8. The fourth-order valence-electron chi connectivity index (χ4n) is 6.71. The van der Waals surface area contributed by atoms with Crippen molar-refractivity contribution in [3.63, 3.8) is 0 Å². The molecule has 0 N–H and O–H groups in total. The lowest BCUT2D eigenvalue weighted by molar-refractivity contribution is 0.489. The van der Waals surface area contributed by atoms with Crippen LogP contribution in [-0.4, -0.2) is 0 Å². The molecule has 8 aromatic carbocycles. The van der Waals surface area contributed by atoms with Gasteiger partial charge in [0, 0.05) is 5.39 Å². The van der Waals surface area contributed by atoms with E-state index in [0.717, 1.165) is 16.9 Å². The summed E-state index contributed by atoms with van der Waals surface area (Å²) < 4.78 is 6.58. The van der Waals surface area contributed by atoms with Gasteiger partial charge in [-0.15, -0.1) is 0 Å². The van der Waals surface area contributed by atoms with Gasteiger partial charge in [-0.3, -0.25) is 0 Å². The predicted octanol–water partition coefficient (Wildman–Crippen LogP) is 11.4. The van der Waals surface area contributed by atoms with E-state index in [0.29, 0.717) is 0 Å². The third-order valence-electron chi connectivity index (χ3n) is 8.60. The molecule has 1 heteroatoms. The molecular formula is C40H24O. The normalized spacial score (nSPS) is 11.9. The van der Waals surface area contributed by atoms with Gasteiger partial charge in [0.1, 0.15) is 11.5 Å². The maximum Gasteiger partial charge on any atom is 0.135 e. The molecule has 190 valence electrons. The molecule has 1 aliphatic rings. The van der Waals surface area contributed by atoms with Gasteiger partial charge >= 0.3 is 0 Å². The molecular weight excluding hydrogens is 496 g/mol. The average molecular weight is 521 g/mol. The first-order chi connectivity index (χ1) is 20.3. The van der Waals surface area contributed by atoms with E-state index in [1.54, 1.807) is 0 Å². The Morgan fingerprint density at radius 3 is 1.78 bits per heavy atom. The van der Waals surface area contributed by atoms with Crippen LogP contribution >= 0.6 is 0 Å². The van der Waals surface area contributed by atoms with E-state index in [-0.39, 0.29) is 0 Å². The van der Waals surface area contributed by atoms with Gasteiger partial charge in [0.05, 0.1) is 0 Å². The van der Waals surface area contributed by atoms with E-state index in [9.17, 15) is 0 Å². The molecule has 9 rings (SSSR count). The highest BCUT2D eigenvalue weighted by molar-refractivity contribution is 6.28. The zero-order chi connectivity index (χ0) is 26.9. The summed E-state index contributed by atoms with van der Waals surface area (Å²) in [5.41, 5.74) is 7.66. The molecule has 0 aliphatic heterocycles. The van der Waals surface area contributed by atoms with Crippen molar-refractivity contribution in [2.45, 2.75) is 0 Å². The van der Waals surface area contributed by atoms with Crippen LogP contribution in [0.2, 0.25) is 0 Å². The first-order valence-electron chi connectivity index (χ1n) is 14.1. The molecule has 1 nitrogen and oxygen atoms in total. The summed E-state index contributed by atoms with van der Waals surface area (Å²) in [6.07, 6.45) is 0. The summed E-state index contributed by atoms with van der Waals surface area (Å²) in [5.74, 6) is 1.71. The number of benzene rings is 8. The van der Waals surface area contributed by atoms with Crippen LogP contribution in [0.4, 0.5) is 0 Å². The molecule has 1 aliphatic carbocycles. The van der Waals surface area contributed by atoms with Crippen molar-refractivity contribution in [3.8, 4) is 44.9 Å². The topological polar surface area (TPSA) is 9.23 Å². The van der Waals surface area contributed by atoms with Gasteiger partial charge in [-0.05, 0) is 120 Å². The van der Waals surface area contributed by atoms with Crippen LogP contribution in [0.15, 0.2) is 146 Å². The standard InChI is InChI=1S/C40H24O/c1-3-10-25(11-4-1)28-18-19-30-33(22-28)36-23-38-35-21-27-13-8-7-12-26(27)20-34(35)31-16-9-17-32(40(31)38)37(36)24-39(30)41-29-14-5-2-6-15-29/h1-24H. The molecule has 0 amide bonds. The maximum atomic E-state index is 6.58. The molecule has 0 atom stereocenters. The second kappa shape index (κ2) is 8.55. The van der Waals surface area contributed by atoms with Crippen molar-refractivity contribution in [2.75, 3.05) is 0 Å². The van der Waals surface area contributed by atoms with Crippen molar-refractivity contribution >= 4 is 43.1 Å².